The summed E-state index contributed by atoms with van der Waals surface area (Å²) in [5.41, 5.74) is 2.39. The molecule has 150 valence electrons. The normalized spacial score (nSPS) is 18.9. The number of allylic oxidation sites excluding steroid dienone is 1. The molecule has 0 unspecified atom stereocenters. The smallest absolute Gasteiger partial charge is 0.362 e. The van der Waals surface area contributed by atoms with Crippen molar-refractivity contribution in [1.82, 2.24) is 0 Å². The van der Waals surface area contributed by atoms with E-state index in [-0.39, 0.29) is 5.41 Å². The molecule has 3 rings (SSSR count). The fourth-order valence-corrected chi connectivity index (χ4v) is 5.41. The molecule has 5 nitrogen and oxygen atoms in total. The van der Waals surface area contributed by atoms with Crippen LogP contribution in [0.4, 0.5) is 0 Å². The van der Waals surface area contributed by atoms with E-state index in [1.165, 1.54) is 0 Å². The van der Waals surface area contributed by atoms with Crippen LogP contribution in [0.1, 0.15) is 31.9 Å². The SMILES string of the molecule is COc1ccc(/C(C)=C(\c2ccc(OC)cc2)P2(=O)OCC(C)(C)CO2)cc1. The molecule has 0 aliphatic carbocycles. The van der Waals surface area contributed by atoms with Gasteiger partial charge in [-0.05, 0) is 47.9 Å². The second-order valence-electron chi connectivity index (χ2n) is 7.64. The molecule has 2 aromatic rings. The maximum atomic E-state index is 13.8. The standard InChI is InChI=1S/C22H27O5P/c1-16(17-6-10-19(24-4)11-7-17)21(18-8-12-20(25-5)13-9-18)28(23)26-14-22(2,3)15-27-28/h6-13H,14-15H2,1-5H3/b21-16+. The Bertz CT molecular complexity index is 884. The molecule has 0 spiro atoms. The predicted molar refractivity (Wildman–Crippen MR) is 112 cm³/mol. The lowest BCUT2D eigenvalue weighted by molar-refractivity contribution is 0.0468. The van der Waals surface area contributed by atoms with Crippen molar-refractivity contribution in [2.24, 2.45) is 5.41 Å². The van der Waals surface area contributed by atoms with Crippen molar-refractivity contribution in [3.05, 3.63) is 59.7 Å². The number of methoxy groups -OCH3 is 2. The molecule has 1 saturated heterocycles. The summed E-state index contributed by atoms with van der Waals surface area (Å²) in [6.45, 7) is 6.75. The molecule has 6 heteroatoms. The second-order valence-corrected chi connectivity index (χ2v) is 9.60. The maximum absolute atomic E-state index is 13.8. The van der Waals surface area contributed by atoms with Gasteiger partial charge in [-0.25, -0.2) is 0 Å². The first kappa shape index (κ1) is 20.7. The molecule has 0 radical (unpaired) electrons. The molecule has 0 amide bonds. The quantitative estimate of drug-likeness (QED) is 0.463. The van der Waals surface area contributed by atoms with Crippen molar-refractivity contribution in [3.63, 3.8) is 0 Å². The van der Waals surface area contributed by atoms with Gasteiger partial charge in [0.05, 0.1) is 32.7 Å². The highest BCUT2D eigenvalue weighted by Gasteiger charge is 2.41. The lowest BCUT2D eigenvalue weighted by Crippen LogP contribution is -2.29. The van der Waals surface area contributed by atoms with E-state index in [2.05, 4.69) is 0 Å². The van der Waals surface area contributed by atoms with E-state index in [9.17, 15) is 4.57 Å². The van der Waals surface area contributed by atoms with Gasteiger partial charge in [0.25, 0.3) is 0 Å². The van der Waals surface area contributed by atoms with E-state index in [1.54, 1.807) is 14.2 Å². The van der Waals surface area contributed by atoms with Crippen molar-refractivity contribution in [2.75, 3.05) is 27.4 Å². The van der Waals surface area contributed by atoms with Gasteiger partial charge in [0.1, 0.15) is 11.5 Å². The van der Waals surface area contributed by atoms with E-state index in [0.717, 1.165) is 28.2 Å². The summed E-state index contributed by atoms with van der Waals surface area (Å²) in [7, 11) is -0.236. The van der Waals surface area contributed by atoms with Gasteiger partial charge in [0, 0.05) is 5.41 Å². The van der Waals surface area contributed by atoms with Crippen molar-refractivity contribution >= 4 is 18.5 Å². The van der Waals surface area contributed by atoms with Gasteiger partial charge >= 0.3 is 7.60 Å². The third-order valence-corrected chi connectivity index (χ3v) is 6.85. The van der Waals surface area contributed by atoms with Crippen molar-refractivity contribution in [3.8, 4) is 11.5 Å². The monoisotopic (exact) mass is 402 g/mol. The van der Waals surface area contributed by atoms with E-state index in [0.29, 0.717) is 18.5 Å². The highest BCUT2D eigenvalue weighted by Crippen LogP contribution is 2.65. The van der Waals surface area contributed by atoms with Crippen LogP contribution >= 0.6 is 7.60 Å². The van der Waals surface area contributed by atoms with Crippen LogP contribution in [0, 0.1) is 5.41 Å². The van der Waals surface area contributed by atoms with Crippen molar-refractivity contribution < 1.29 is 23.1 Å². The molecule has 1 aliphatic heterocycles. The minimum Gasteiger partial charge on any atom is -0.497 e. The third-order valence-electron chi connectivity index (χ3n) is 4.77. The van der Waals surface area contributed by atoms with Crippen LogP contribution in [0.25, 0.3) is 10.9 Å². The maximum Gasteiger partial charge on any atom is 0.362 e. The van der Waals surface area contributed by atoms with Gasteiger partial charge < -0.3 is 18.5 Å². The minimum atomic E-state index is -3.48. The molecule has 0 aromatic heterocycles. The second kappa shape index (κ2) is 8.12. The lowest BCUT2D eigenvalue weighted by atomic mass is 9.97. The topological polar surface area (TPSA) is 54.0 Å². The zero-order valence-corrected chi connectivity index (χ0v) is 17.9. The van der Waals surface area contributed by atoms with Crippen LogP contribution in [0.2, 0.25) is 0 Å². The highest BCUT2D eigenvalue weighted by molar-refractivity contribution is 7.65. The van der Waals surface area contributed by atoms with Gasteiger partial charge in [-0.15, -0.1) is 0 Å². The van der Waals surface area contributed by atoms with Gasteiger partial charge in [-0.2, -0.15) is 0 Å². The Labute approximate surface area is 166 Å². The molecule has 0 atom stereocenters. The molecule has 1 aliphatic rings. The summed E-state index contributed by atoms with van der Waals surface area (Å²) in [5.74, 6) is 1.50. The first-order chi connectivity index (χ1) is 13.3. The first-order valence-corrected chi connectivity index (χ1v) is 10.7. The molecular weight excluding hydrogens is 375 g/mol. The van der Waals surface area contributed by atoms with Gasteiger partial charge in [0.2, 0.25) is 0 Å². The predicted octanol–water partition coefficient (Wildman–Crippen LogP) is 5.86. The largest absolute Gasteiger partial charge is 0.497 e. The van der Waals surface area contributed by atoms with E-state index >= 15 is 0 Å². The van der Waals surface area contributed by atoms with E-state index in [4.69, 9.17) is 18.5 Å². The number of ether oxygens (including phenoxy) is 2. The number of hydrogen-bond acceptors (Lipinski definition) is 5. The summed E-state index contributed by atoms with van der Waals surface area (Å²) in [4.78, 5) is 0. The average Bonchev–Trinajstić information content (AvgIpc) is 2.71. The highest BCUT2D eigenvalue weighted by atomic mass is 31.2. The van der Waals surface area contributed by atoms with E-state index in [1.807, 2.05) is 69.3 Å². The van der Waals surface area contributed by atoms with Crippen molar-refractivity contribution in [2.45, 2.75) is 20.8 Å². The Kier molecular flexibility index (Phi) is 5.99. The zero-order chi connectivity index (χ0) is 20.4. The van der Waals surface area contributed by atoms with Crippen LogP contribution in [0.15, 0.2) is 48.5 Å². The molecule has 2 aromatic carbocycles. The van der Waals surface area contributed by atoms with Crippen molar-refractivity contribution in [1.29, 1.82) is 0 Å². The molecule has 1 fully saturated rings. The molecule has 0 saturated carbocycles. The average molecular weight is 402 g/mol. The van der Waals surface area contributed by atoms with Crippen LogP contribution in [0.3, 0.4) is 0 Å². The number of benzene rings is 2. The molecule has 0 bridgehead atoms. The first-order valence-electron chi connectivity index (χ1n) is 9.17. The van der Waals surface area contributed by atoms with Crippen LogP contribution in [-0.2, 0) is 13.6 Å². The molecule has 0 N–H and O–H groups in total. The number of rotatable bonds is 5. The van der Waals surface area contributed by atoms with Gasteiger partial charge in [-0.3, -0.25) is 4.57 Å². The zero-order valence-electron chi connectivity index (χ0n) is 17.0. The fourth-order valence-electron chi connectivity index (χ4n) is 3.03. The minimum absolute atomic E-state index is 0.174. The Morgan fingerprint density at radius 2 is 1.29 bits per heavy atom. The third kappa shape index (κ3) is 4.33. The Morgan fingerprint density at radius 1 is 0.857 bits per heavy atom. The van der Waals surface area contributed by atoms with Crippen LogP contribution in [-0.4, -0.2) is 27.4 Å². The molecular formula is C22H27O5P. The summed E-state index contributed by atoms with van der Waals surface area (Å²) < 4.78 is 36.0. The van der Waals surface area contributed by atoms with Gasteiger partial charge in [0.15, 0.2) is 0 Å². The summed E-state index contributed by atoms with van der Waals surface area (Å²) in [6, 6.07) is 15.1. The lowest BCUT2D eigenvalue weighted by Gasteiger charge is -2.35. The Morgan fingerprint density at radius 3 is 1.71 bits per heavy atom. The fraction of sp³-hybridized carbons (Fsp3) is 0.364. The Balaban J connectivity index is 2.11. The van der Waals surface area contributed by atoms with Gasteiger partial charge in [-0.1, -0.05) is 38.1 Å². The van der Waals surface area contributed by atoms with Crippen LogP contribution < -0.4 is 9.47 Å². The summed E-state index contributed by atoms with van der Waals surface area (Å²) >= 11 is 0. The van der Waals surface area contributed by atoms with Crippen LogP contribution in [0.5, 0.6) is 11.5 Å². The molecule has 1 heterocycles. The Hall–Kier alpha value is -2.07. The number of hydrogen-bond donors (Lipinski definition) is 0. The summed E-state index contributed by atoms with van der Waals surface area (Å²) in [5, 5.41) is 0.579. The molecule has 28 heavy (non-hydrogen) atoms. The summed E-state index contributed by atoms with van der Waals surface area (Å²) in [6.07, 6.45) is 0. The van der Waals surface area contributed by atoms with E-state index < -0.39 is 7.60 Å².